The maximum absolute atomic E-state index is 6.09. The van der Waals surface area contributed by atoms with E-state index in [4.69, 9.17) is 11.6 Å². The Bertz CT molecular complexity index is 596. The zero-order valence-corrected chi connectivity index (χ0v) is 12.8. The molecule has 2 aromatic rings. The molecule has 5 heteroatoms. The number of aryl methyl sites for hydroxylation is 1. The summed E-state index contributed by atoms with van der Waals surface area (Å²) < 4.78 is 2.29. The molecule has 0 amide bonds. The van der Waals surface area contributed by atoms with Crippen molar-refractivity contribution in [1.29, 1.82) is 0 Å². The van der Waals surface area contributed by atoms with Gasteiger partial charge in [-0.25, -0.2) is 9.97 Å². The molecular formula is C14H18ClN3S. The molecule has 1 aliphatic rings. The minimum absolute atomic E-state index is 0.451. The number of imidazole rings is 1. The van der Waals surface area contributed by atoms with Gasteiger partial charge < -0.3 is 4.57 Å². The van der Waals surface area contributed by atoms with Gasteiger partial charge >= 0.3 is 0 Å². The smallest absolute Gasteiger partial charge is 0.160 e. The summed E-state index contributed by atoms with van der Waals surface area (Å²) in [7, 11) is 0. The van der Waals surface area contributed by atoms with Gasteiger partial charge in [-0.2, -0.15) is 11.8 Å². The minimum Gasteiger partial charge on any atom is -0.307 e. The number of halogens is 1. The standard InChI is InChI=1S/C14H18ClN3S/c1-9-6-10-14(16-8-9)18(13(7-15)17-10)11-4-3-5-12(11)19-2/h6,8,11-12H,3-5,7H2,1-2H3. The van der Waals surface area contributed by atoms with Crippen molar-refractivity contribution in [2.24, 2.45) is 0 Å². The average Bonchev–Trinajstić information content (AvgIpc) is 3.00. The number of fused-ring (bicyclic) bond motifs is 1. The van der Waals surface area contributed by atoms with Gasteiger partial charge in [0.15, 0.2) is 5.65 Å². The second-order valence-corrected chi connectivity index (χ2v) is 6.50. The van der Waals surface area contributed by atoms with Crippen LogP contribution in [0.1, 0.15) is 36.7 Å². The van der Waals surface area contributed by atoms with Crippen LogP contribution < -0.4 is 0 Å². The molecule has 2 unspecified atom stereocenters. The molecule has 0 radical (unpaired) electrons. The Morgan fingerprint density at radius 2 is 2.32 bits per heavy atom. The Balaban J connectivity index is 2.15. The van der Waals surface area contributed by atoms with Crippen LogP contribution in [0.2, 0.25) is 0 Å². The molecule has 0 aromatic carbocycles. The van der Waals surface area contributed by atoms with E-state index in [2.05, 4.69) is 26.9 Å². The fraction of sp³-hybridized carbons (Fsp3) is 0.571. The van der Waals surface area contributed by atoms with E-state index >= 15 is 0 Å². The molecular weight excluding hydrogens is 278 g/mol. The van der Waals surface area contributed by atoms with Gasteiger partial charge in [0.25, 0.3) is 0 Å². The van der Waals surface area contributed by atoms with E-state index in [0.29, 0.717) is 17.2 Å². The van der Waals surface area contributed by atoms with Gasteiger partial charge in [0, 0.05) is 17.5 Å². The van der Waals surface area contributed by atoms with Crippen molar-refractivity contribution in [2.75, 3.05) is 6.26 Å². The van der Waals surface area contributed by atoms with Crippen molar-refractivity contribution in [3.63, 3.8) is 0 Å². The van der Waals surface area contributed by atoms with E-state index in [-0.39, 0.29) is 0 Å². The Labute approximate surface area is 122 Å². The van der Waals surface area contributed by atoms with Gasteiger partial charge in [-0.3, -0.25) is 0 Å². The zero-order valence-electron chi connectivity index (χ0n) is 11.3. The van der Waals surface area contributed by atoms with E-state index in [1.165, 1.54) is 19.3 Å². The van der Waals surface area contributed by atoms with Gasteiger partial charge in [-0.1, -0.05) is 6.42 Å². The topological polar surface area (TPSA) is 30.7 Å². The number of rotatable bonds is 3. The number of alkyl halides is 1. The summed E-state index contributed by atoms with van der Waals surface area (Å²) >= 11 is 8.04. The predicted octanol–water partition coefficient (Wildman–Crippen LogP) is 3.94. The van der Waals surface area contributed by atoms with Crippen molar-refractivity contribution in [1.82, 2.24) is 14.5 Å². The number of hydrogen-bond donors (Lipinski definition) is 0. The third-order valence-electron chi connectivity index (χ3n) is 3.91. The number of nitrogens with zero attached hydrogens (tertiary/aromatic N) is 3. The van der Waals surface area contributed by atoms with E-state index in [0.717, 1.165) is 22.6 Å². The SMILES string of the molecule is CSC1CCCC1n1c(CCl)nc2cc(C)cnc21. The van der Waals surface area contributed by atoms with Crippen LogP contribution >= 0.6 is 23.4 Å². The van der Waals surface area contributed by atoms with Crippen molar-refractivity contribution in [2.45, 2.75) is 43.4 Å². The highest BCUT2D eigenvalue weighted by Gasteiger charge is 2.31. The Morgan fingerprint density at radius 1 is 1.47 bits per heavy atom. The van der Waals surface area contributed by atoms with Crippen molar-refractivity contribution in [3.05, 3.63) is 23.7 Å². The molecule has 0 aliphatic heterocycles. The fourth-order valence-corrected chi connectivity index (χ4v) is 4.21. The van der Waals surface area contributed by atoms with E-state index in [1.807, 2.05) is 24.9 Å². The highest BCUT2D eigenvalue weighted by molar-refractivity contribution is 7.99. The molecule has 2 aromatic heterocycles. The number of hydrogen-bond acceptors (Lipinski definition) is 3. The number of aromatic nitrogens is 3. The molecule has 102 valence electrons. The highest BCUT2D eigenvalue weighted by atomic mass is 35.5. The van der Waals surface area contributed by atoms with Gasteiger partial charge in [-0.05, 0) is 37.7 Å². The summed E-state index contributed by atoms with van der Waals surface area (Å²) in [6.07, 6.45) is 7.88. The summed E-state index contributed by atoms with van der Waals surface area (Å²) in [6, 6.07) is 2.58. The third kappa shape index (κ3) is 2.25. The molecule has 2 heterocycles. The first-order chi connectivity index (χ1) is 9.24. The van der Waals surface area contributed by atoms with Crippen LogP contribution in [-0.2, 0) is 5.88 Å². The van der Waals surface area contributed by atoms with Gasteiger partial charge in [0.2, 0.25) is 0 Å². The van der Waals surface area contributed by atoms with E-state index in [9.17, 15) is 0 Å². The molecule has 19 heavy (non-hydrogen) atoms. The van der Waals surface area contributed by atoms with Gasteiger partial charge in [-0.15, -0.1) is 11.6 Å². The fourth-order valence-electron chi connectivity index (χ4n) is 3.05. The molecule has 2 atom stereocenters. The van der Waals surface area contributed by atoms with Crippen LogP contribution in [0.15, 0.2) is 12.3 Å². The first-order valence-electron chi connectivity index (χ1n) is 6.67. The number of thioether (sulfide) groups is 1. The lowest BCUT2D eigenvalue weighted by molar-refractivity contribution is 0.524. The molecule has 1 fully saturated rings. The minimum atomic E-state index is 0.451. The van der Waals surface area contributed by atoms with E-state index < -0.39 is 0 Å². The maximum Gasteiger partial charge on any atom is 0.160 e. The summed E-state index contributed by atoms with van der Waals surface area (Å²) in [6.45, 7) is 2.05. The summed E-state index contributed by atoms with van der Waals surface area (Å²) in [4.78, 5) is 9.26. The highest BCUT2D eigenvalue weighted by Crippen LogP contribution is 2.39. The second-order valence-electron chi connectivity index (χ2n) is 5.16. The second kappa shape index (κ2) is 5.33. The molecule has 0 N–H and O–H groups in total. The quantitative estimate of drug-likeness (QED) is 0.804. The van der Waals surface area contributed by atoms with Crippen molar-refractivity contribution < 1.29 is 0 Å². The maximum atomic E-state index is 6.09. The van der Waals surface area contributed by atoms with Crippen LogP contribution in [0.4, 0.5) is 0 Å². The average molecular weight is 296 g/mol. The van der Waals surface area contributed by atoms with Gasteiger partial charge in [0.1, 0.15) is 11.3 Å². The van der Waals surface area contributed by atoms with E-state index in [1.54, 1.807) is 0 Å². The molecule has 1 aliphatic carbocycles. The van der Waals surface area contributed by atoms with Crippen LogP contribution in [-0.4, -0.2) is 26.0 Å². The van der Waals surface area contributed by atoms with Crippen LogP contribution in [0.5, 0.6) is 0 Å². The number of pyridine rings is 1. The largest absolute Gasteiger partial charge is 0.307 e. The summed E-state index contributed by atoms with van der Waals surface area (Å²) in [5, 5.41) is 0.655. The predicted molar refractivity (Wildman–Crippen MR) is 82.0 cm³/mol. The Hall–Kier alpha value is -0.740. The molecule has 0 saturated heterocycles. The van der Waals surface area contributed by atoms with Crippen molar-refractivity contribution in [3.8, 4) is 0 Å². The van der Waals surface area contributed by atoms with Crippen LogP contribution in [0.25, 0.3) is 11.2 Å². The van der Waals surface area contributed by atoms with Crippen LogP contribution in [0.3, 0.4) is 0 Å². The summed E-state index contributed by atoms with van der Waals surface area (Å²) in [5.74, 6) is 1.41. The summed E-state index contributed by atoms with van der Waals surface area (Å²) in [5.41, 5.74) is 3.11. The Morgan fingerprint density at radius 3 is 3.05 bits per heavy atom. The van der Waals surface area contributed by atoms with Gasteiger partial charge in [0.05, 0.1) is 5.88 Å². The normalized spacial score (nSPS) is 23.3. The lowest BCUT2D eigenvalue weighted by Crippen LogP contribution is -2.18. The van der Waals surface area contributed by atoms with Crippen molar-refractivity contribution >= 4 is 34.5 Å². The van der Waals surface area contributed by atoms with Crippen LogP contribution in [0, 0.1) is 6.92 Å². The lowest BCUT2D eigenvalue weighted by atomic mass is 10.2. The Kier molecular flexibility index (Phi) is 3.72. The zero-order chi connectivity index (χ0) is 13.4. The first kappa shape index (κ1) is 13.3. The molecule has 0 spiro atoms. The molecule has 3 rings (SSSR count). The third-order valence-corrected chi connectivity index (χ3v) is 5.31. The molecule has 1 saturated carbocycles. The first-order valence-corrected chi connectivity index (χ1v) is 8.49. The molecule has 0 bridgehead atoms. The monoisotopic (exact) mass is 295 g/mol. The molecule has 3 nitrogen and oxygen atoms in total. The lowest BCUT2D eigenvalue weighted by Gasteiger charge is -2.21.